The molecule has 0 bridgehead atoms. The number of nitrogens with one attached hydrogen (secondary N) is 1. The highest BCUT2D eigenvalue weighted by atomic mass is 19.4. The smallest absolute Gasteiger partial charge is 0.266 e. The monoisotopic (exact) mass is 356 g/mol. The molecule has 0 unspecified atom stereocenters. The molecule has 0 fully saturated rings. The predicted octanol–water partition coefficient (Wildman–Crippen LogP) is 4.02. The molecule has 0 radical (unpaired) electrons. The van der Waals surface area contributed by atoms with Crippen molar-refractivity contribution in [3.05, 3.63) is 42.0 Å². The van der Waals surface area contributed by atoms with Crippen LogP contribution >= 0.6 is 0 Å². The van der Waals surface area contributed by atoms with Gasteiger partial charge in [0.15, 0.2) is 0 Å². The van der Waals surface area contributed by atoms with Crippen LogP contribution in [-0.4, -0.2) is 29.6 Å². The minimum atomic E-state index is -6.58. The summed E-state index contributed by atoms with van der Waals surface area (Å²) in [5.41, 5.74) is 1.59. The predicted molar refractivity (Wildman–Crippen MR) is 72.7 cm³/mol. The molecule has 0 aromatic heterocycles. The van der Waals surface area contributed by atoms with Gasteiger partial charge in [0.2, 0.25) is 0 Å². The van der Waals surface area contributed by atoms with Crippen molar-refractivity contribution in [2.24, 2.45) is 5.10 Å². The Kier molecular flexibility index (Phi) is 5.75. The molecule has 1 rings (SSSR count). The molecule has 1 N–H and O–H groups in total. The summed E-state index contributed by atoms with van der Waals surface area (Å²) in [5.74, 6) is -15.4. The van der Waals surface area contributed by atoms with Gasteiger partial charge in [0.1, 0.15) is 0 Å². The zero-order valence-corrected chi connectivity index (χ0v) is 12.0. The molecule has 10 heteroatoms. The fourth-order valence-corrected chi connectivity index (χ4v) is 1.35. The zero-order valence-electron chi connectivity index (χ0n) is 12.0. The van der Waals surface area contributed by atoms with E-state index in [1.54, 1.807) is 30.3 Å². The number of hydrazone groups is 1. The van der Waals surface area contributed by atoms with Gasteiger partial charge in [-0.25, -0.2) is 5.43 Å². The molecule has 0 atom stereocenters. The number of carbonyl (C=O) groups is 1. The number of benzene rings is 1. The van der Waals surface area contributed by atoms with Crippen molar-refractivity contribution in [1.29, 1.82) is 0 Å². The molecule has 0 saturated heterocycles. The quantitative estimate of drug-likeness (QED) is 0.483. The maximum atomic E-state index is 13.0. The molecule has 132 valence electrons. The van der Waals surface area contributed by atoms with Crippen LogP contribution in [0.5, 0.6) is 0 Å². The minimum absolute atomic E-state index is 0.0988. The maximum Gasteiger partial charge on any atom is 0.460 e. The Morgan fingerprint density at radius 1 is 1.04 bits per heavy atom. The molecule has 24 heavy (non-hydrogen) atoms. The van der Waals surface area contributed by atoms with Crippen LogP contribution in [0.4, 0.5) is 30.7 Å². The highest BCUT2D eigenvalue weighted by Crippen LogP contribution is 2.46. The summed E-state index contributed by atoms with van der Waals surface area (Å²) in [4.78, 5) is 11.0. The molecule has 0 aliphatic heterocycles. The molecule has 0 spiro atoms. The Labute approximate surface area is 131 Å². The number of alkyl halides is 7. The van der Waals surface area contributed by atoms with Crippen LogP contribution in [0.2, 0.25) is 0 Å². The van der Waals surface area contributed by atoms with Crippen LogP contribution in [-0.2, 0) is 4.79 Å². The first kappa shape index (κ1) is 19.7. The van der Waals surface area contributed by atoms with E-state index >= 15 is 0 Å². The van der Waals surface area contributed by atoms with Crippen molar-refractivity contribution >= 4 is 17.7 Å². The number of carbonyl (C=O) groups excluding carboxylic acids is 1. The van der Waals surface area contributed by atoms with Gasteiger partial charge in [0, 0.05) is 0 Å². The van der Waals surface area contributed by atoms with Crippen LogP contribution in [0.25, 0.3) is 6.08 Å². The Bertz CT molecular complexity index is 636. The van der Waals surface area contributed by atoms with Crippen LogP contribution in [0, 0.1) is 0 Å². The van der Waals surface area contributed by atoms with E-state index < -0.39 is 23.9 Å². The first-order valence-corrected chi connectivity index (χ1v) is 6.30. The third-order valence-electron chi connectivity index (χ3n) is 2.69. The lowest BCUT2D eigenvalue weighted by Gasteiger charge is -2.26. The molecule has 0 aliphatic carbocycles. The zero-order chi connectivity index (χ0) is 18.6. The molecule has 1 aromatic rings. The molecule has 0 heterocycles. The lowest BCUT2D eigenvalue weighted by atomic mass is 10.1. The molecule has 0 aliphatic rings. The summed E-state index contributed by atoms with van der Waals surface area (Å²) in [7, 11) is 0. The normalized spacial score (nSPS) is 14.1. The summed E-state index contributed by atoms with van der Waals surface area (Å²) < 4.78 is 87.2. The molecule has 1 aromatic carbocycles. The number of rotatable bonds is 5. The van der Waals surface area contributed by atoms with Gasteiger partial charge >= 0.3 is 23.9 Å². The van der Waals surface area contributed by atoms with Crippen molar-refractivity contribution in [2.75, 3.05) is 0 Å². The number of allylic oxidation sites excluding steroid dienone is 1. The van der Waals surface area contributed by atoms with E-state index in [0.717, 1.165) is 5.43 Å². The molecule has 1 amide bonds. The van der Waals surface area contributed by atoms with E-state index in [1.807, 2.05) is 0 Å². The summed E-state index contributed by atoms with van der Waals surface area (Å²) >= 11 is 0. The topological polar surface area (TPSA) is 41.5 Å². The second-order valence-corrected chi connectivity index (χ2v) is 4.58. The lowest BCUT2D eigenvalue weighted by molar-refractivity contribution is -0.344. The van der Waals surface area contributed by atoms with E-state index in [0.29, 0.717) is 5.56 Å². The molecular formula is C14H11F7N2O. The highest BCUT2D eigenvalue weighted by Gasteiger charge is 2.76. The summed E-state index contributed by atoms with van der Waals surface area (Å²) in [6, 6.07) is 8.50. The van der Waals surface area contributed by atoms with Gasteiger partial charge in [-0.1, -0.05) is 36.4 Å². The van der Waals surface area contributed by atoms with Gasteiger partial charge < -0.3 is 0 Å². The number of hydrogen-bond donors (Lipinski definition) is 1. The fraction of sp³-hybridized carbons (Fsp3) is 0.286. The Morgan fingerprint density at radius 2 is 1.58 bits per heavy atom. The van der Waals surface area contributed by atoms with Gasteiger partial charge in [-0.2, -0.15) is 35.8 Å². The van der Waals surface area contributed by atoms with Crippen LogP contribution in [0.3, 0.4) is 0 Å². The summed E-state index contributed by atoms with van der Waals surface area (Å²) in [6.45, 7) is 1.22. The first-order chi connectivity index (χ1) is 10.9. The Hall–Kier alpha value is -2.39. The number of amides is 1. The summed E-state index contributed by atoms with van der Waals surface area (Å²) in [5, 5.41) is 3.05. The number of halogens is 7. The average Bonchev–Trinajstić information content (AvgIpc) is 2.50. The third-order valence-corrected chi connectivity index (χ3v) is 2.69. The second kappa shape index (κ2) is 7.02. The van der Waals surface area contributed by atoms with Crippen molar-refractivity contribution < 1.29 is 35.5 Å². The van der Waals surface area contributed by atoms with Crippen LogP contribution < -0.4 is 5.43 Å². The van der Waals surface area contributed by atoms with E-state index in [1.165, 1.54) is 19.1 Å². The highest BCUT2D eigenvalue weighted by molar-refractivity contribution is 5.97. The fourth-order valence-electron chi connectivity index (χ4n) is 1.35. The largest absolute Gasteiger partial charge is 0.460 e. The van der Waals surface area contributed by atoms with Crippen molar-refractivity contribution in [2.45, 2.75) is 24.9 Å². The van der Waals surface area contributed by atoms with Gasteiger partial charge in [0.25, 0.3) is 0 Å². The van der Waals surface area contributed by atoms with Crippen molar-refractivity contribution in [1.82, 2.24) is 5.43 Å². The number of nitrogens with zero attached hydrogens (tertiary/aromatic N) is 1. The van der Waals surface area contributed by atoms with Crippen LogP contribution in [0.1, 0.15) is 12.5 Å². The average molecular weight is 356 g/mol. The third kappa shape index (κ3) is 4.33. The SMILES string of the molecule is CC(/C=C/c1ccccc1)=N/NC(=O)C(F)(F)C(F)(F)C(F)(F)F. The van der Waals surface area contributed by atoms with Gasteiger partial charge in [-0.15, -0.1) is 0 Å². The molecule has 3 nitrogen and oxygen atoms in total. The van der Waals surface area contributed by atoms with Gasteiger partial charge in [-0.3, -0.25) is 4.79 Å². The Morgan fingerprint density at radius 3 is 2.08 bits per heavy atom. The van der Waals surface area contributed by atoms with Gasteiger partial charge in [-0.05, 0) is 18.6 Å². The van der Waals surface area contributed by atoms with Crippen molar-refractivity contribution in [3.63, 3.8) is 0 Å². The van der Waals surface area contributed by atoms with E-state index in [2.05, 4.69) is 5.10 Å². The van der Waals surface area contributed by atoms with E-state index in [-0.39, 0.29) is 5.71 Å². The van der Waals surface area contributed by atoms with Crippen LogP contribution in [0.15, 0.2) is 41.5 Å². The van der Waals surface area contributed by atoms with E-state index in [9.17, 15) is 35.5 Å². The standard InChI is InChI=1S/C14H11F7N2O/c1-9(7-8-10-5-3-2-4-6-10)22-23-11(24)12(15,16)13(17,18)14(19,20)21/h2-8H,1H3,(H,23,24)/b8-7+,22-9-. The lowest BCUT2D eigenvalue weighted by Crippen LogP contribution is -2.58. The first-order valence-electron chi connectivity index (χ1n) is 6.30. The number of hydrogen-bond acceptors (Lipinski definition) is 2. The van der Waals surface area contributed by atoms with Crippen molar-refractivity contribution in [3.8, 4) is 0 Å². The minimum Gasteiger partial charge on any atom is -0.266 e. The molecular weight excluding hydrogens is 345 g/mol. The second-order valence-electron chi connectivity index (χ2n) is 4.58. The Balaban J connectivity index is 2.82. The van der Waals surface area contributed by atoms with Gasteiger partial charge in [0.05, 0.1) is 5.71 Å². The maximum absolute atomic E-state index is 13.0. The molecule has 0 saturated carbocycles. The van der Waals surface area contributed by atoms with E-state index in [4.69, 9.17) is 0 Å². The summed E-state index contributed by atoms with van der Waals surface area (Å²) in [6.07, 6.45) is -3.87.